The van der Waals surface area contributed by atoms with Gasteiger partial charge >= 0.3 is 0 Å². The lowest BCUT2D eigenvalue weighted by Gasteiger charge is -2.13. The first kappa shape index (κ1) is 12.8. The second-order valence-corrected chi connectivity index (χ2v) is 4.22. The van der Waals surface area contributed by atoms with Crippen LogP contribution in [0.5, 0.6) is 5.75 Å². The van der Waals surface area contributed by atoms with Crippen LogP contribution in [0.25, 0.3) is 0 Å². The summed E-state index contributed by atoms with van der Waals surface area (Å²) in [5.41, 5.74) is 8.26. The minimum Gasteiger partial charge on any atom is -0.493 e. The van der Waals surface area contributed by atoms with Gasteiger partial charge < -0.3 is 10.5 Å². The number of ether oxygens (including phenoxy) is 1. The molecule has 0 aromatic heterocycles. The van der Waals surface area contributed by atoms with Crippen molar-refractivity contribution in [1.29, 1.82) is 0 Å². The maximum atomic E-state index is 5.83. The smallest absolute Gasteiger partial charge is 0.122 e. The Morgan fingerprint density at radius 1 is 1.50 bits per heavy atom. The molecule has 0 heterocycles. The SMILES string of the molecule is C=CCCOc1ccc(C)cc1CC(C)N. The van der Waals surface area contributed by atoms with E-state index in [9.17, 15) is 0 Å². The van der Waals surface area contributed by atoms with Crippen molar-refractivity contribution in [2.75, 3.05) is 6.61 Å². The van der Waals surface area contributed by atoms with Gasteiger partial charge in [0.1, 0.15) is 5.75 Å². The third-order valence-electron chi connectivity index (χ3n) is 2.34. The number of rotatable bonds is 6. The van der Waals surface area contributed by atoms with Gasteiger partial charge in [0.15, 0.2) is 0 Å². The summed E-state index contributed by atoms with van der Waals surface area (Å²) in [5, 5.41) is 0. The van der Waals surface area contributed by atoms with E-state index in [-0.39, 0.29) is 6.04 Å². The average molecular weight is 219 g/mol. The number of aryl methyl sites for hydroxylation is 1. The van der Waals surface area contributed by atoms with Gasteiger partial charge in [0.05, 0.1) is 6.61 Å². The fourth-order valence-electron chi connectivity index (χ4n) is 1.61. The molecular weight excluding hydrogens is 198 g/mol. The van der Waals surface area contributed by atoms with Crippen molar-refractivity contribution in [3.63, 3.8) is 0 Å². The Hall–Kier alpha value is -1.28. The van der Waals surface area contributed by atoms with Gasteiger partial charge in [-0.1, -0.05) is 23.8 Å². The number of nitrogens with two attached hydrogens (primary N) is 1. The lowest BCUT2D eigenvalue weighted by Crippen LogP contribution is -2.18. The quantitative estimate of drug-likeness (QED) is 0.590. The van der Waals surface area contributed by atoms with Crippen LogP contribution >= 0.6 is 0 Å². The molecule has 2 nitrogen and oxygen atoms in total. The van der Waals surface area contributed by atoms with E-state index < -0.39 is 0 Å². The molecule has 0 fully saturated rings. The van der Waals surface area contributed by atoms with Crippen molar-refractivity contribution in [3.8, 4) is 5.75 Å². The molecule has 0 aliphatic rings. The molecule has 0 bridgehead atoms. The van der Waals surface area contributed by atoms with E-state index in [4.69, 9.17) is 10.5 Å². The van der Waals surface area contributed by atoms with Crippen molar-refractivity contribution in [2.24, 2.45) is 5.73 Å². The highest BCUT2D eigenvalue weighted by atomic mass is 16.5. The predicted molar refractivity (Wildman–Crippen MR) is 68.8 cm³/mol. The van der Waals surface area contributed by atoms with E-state index in [2.05, 4.69) is 25.6 Å². The van der Waals surface area contributed by atoms with Crippen molar-refractivity contribution in [3.05, 3.63) is 42.0 Å². The van der Waals surface area contributed by atoms with Gasteiger partial charge in [-0.25, -0.2) is 0 Å². The Morgan fingerprint density at radius 2 is 2.25 bits per heavy atom. The highest BCUT2D eigenvalue weighted by molar-refractivity contribution is 5.37. The van der Waals surface area contributed by atoms with E-state index in [1.807, 2.05) is 19.1 Å². The van der Waals surface area contributed by atoms with Gasteiger partial charge in [-0.3, -0.25) is 0 Å². The van der Waals surface area contributed by atoms with Crippen LogP contribution in [0, 0.1) is 6.92 Å². The Kier molecular flexibility index (Phi) is 5.06. The highest BCUT2D eigenvalue weighted by Crippen LogP contribution is 2.21. The molecule has 1 atom stereocenters. The number of benzene rings is 1. The summed E-state index contributed by atoms with van der Waals surface area (Å²) >= 11 is 0. The van der Waals surface area contributed by atoms with Crippen molar-refractivity contribution < 1.29 is 4.74 Å². The fourth-order valence-corrected chi connectivity index (χ4v) is 1.61. The van der Waals surface area contributed by atoms with Gasteiger partial charge in [0.25, 0.3) is 0 Å². The maximum absolute atomic E-state index is 5.83. The van der Waals surface area contributed by atoms with E-state index in [0.29, 0.717) is 6.61 Å². The normalized spacial score (nSPS) is 12.2. The van der Waals surface area contributed by atoms with Crippen LogP contribution in [-0.4, -0.2) is 12.6 Å². The van der Waals surface area contributed by atoms with E-state index >= 15 is 0 Å². The summed E-state index contributed by atoms with van der Waals surface area (Å²) in [7, 11) is 0. The molecular formula is C14H21NO. The maximum Gasteiger partial charge on any atom is 0.122 e. The highest BCUT2D eigenvalue weighted by Gasteiger charge is 2.06. The number of hydrogen-bond donors (Lipinski definition) is 1. The van der Waals surface area contributed by atoms with Crippen LogP contribution < -0.4 is 10.5 Å². The molecule has 0 radical (unpaired) electrons. The molecule has 88 valence electrons. The fraction of sp³-hybridized carbons (Fsp3) is 0.429. The zero-order valence-corrected chi connectivity index (χ0v) is 10.2. The second kappa shape index (κ2) is 6.33. The second-order valence-electron chi connectivity index (χ2n) is 4.22. The topological polar surface area (TPSA) is 35.2 Å². The molecule has 0 saturated heterocycles. The summed E-state index contributed by atoms with van der Waals surface area (Å²) in [6.07, 6.45) is 3.58. The Morgan fingerprint density at radius 3 is 2.88 bits per heavy atom. The third kappa shape index (κ3) is 4.07. The van der Waals surface area contributed by atoms with E-state index in [0.717, 1.165) is 18.6 Å². The van der Waals surface area contributed by atoms with Crippen molar-refractivity contribution >= 4 is 0 Å². The number of hydrogen-bond acceptors (Lipinski definition) is 2. The zero-order chi connectivity index (χ0) is 12.0. The summed E-state index contributed by atoms with van der Waals surface area (Å²) in [6.45, 7) is 8.45. The zero-order valence-electron chi connectivity index (χ0n) is 10.2. The summed E-state index contributed by atoms with van der Waals surface area (Å²) in [5.74, 6) is 0.949. The molecule has 1 rings (SSSR count). The molecule has 0 aliphatic heterocycles. The van der Waals surface area contributed by atoms with Crippen LogP contribution in [0.1, 0.15) is 24.5 Å². The summed E-state index contributed by atoms with van der Waals surface area (Å²) in [4.78, 5) is 0. The molecule has 1 unspecified atom stereocenters. The molecule has 0 saturated carbocycles. The minimum atomic E-state index is 0.156. The molecule has 1 aromatic carbocycles. The lowest BCUT2D eigenvalue weighted by atomic mass is 10.0. The van der Waals surface area contributed by atoms with Crippen LogP contribution in [0.2, 0.25) is 0 Å². The monoisotopic (exact) mass is 219 g/mol. The Balaban J connectivity index is 2.76. The van der Waals surface area contributed by atoms with Gasteiger partial charge in [0, 0.05) is 6.04 Å². The van der Waals surface area contributed by atoms with E-state index in [1.54, 1.807) is 0 Å². The molecule has 0 aliphatic carbocycles. The molecule has 0 spiro atoms. The first-order valence-electron chi connectivity index (χ1n) is 5.72. The molecule has 1 aromatic rings. The van der Waals surface area contributed by atoms with Gasteiger partial charge in [-0.05, 0) is 38.3 Å². The third-order valence-corrected chi connectivity index (χ3v) is 2.34. The van der Waals surface area contributed by atoms with Crippen LogP contribution in [0.3, 0.4) is 0 Å². The molecule has 16 heavy (non-hydrogen) atoms. The van der Waals surface area contributed by atoms with Gasteiger partial charge in [0.2, 0.25) is 0 Å². The van der Waals surface area contributed by atoms with Crippen LogP contribution in [-0.2, 0) is 6.42 Å². The van der Waals surface area contributed by atoms with Crippen LogP contribution in [0.15, 0.2) is 30.9 Å². The van der Waals surface area contributed by atoms with Crippen LogP contribution in [0.4, 0.5) is 0 Å². The molecule has 2 N–H and O–H groups in total. The predicted octanol–water partition coefficient (Wildman–Crippen LogP) is 2.84. The largest absolute Gasteiger partial charge is 0.493 e. The summed E-state index contributed by atoms with van der Waals surface area (Å²) in [6, 6.07) is 6.39. The standard InChI is InChI=1S/C14H21NO/c1-4-5-8-16-14-7-6-11(2)9-13(14)10-12(3)15/h4,6-7,9,12H,1,5,8,10,15H2,2-3H3. The molecule has 0 amide bonds. The first-order chi connectivity index (χ1) is 7.63. The van der Waals surface area contributed by atoms with E-state index in [1.165, 1.54) is 11.1 Å². The van der Waals surface area contributed by atoms with Crippen molar-refractivity contribution in [2.45, 2.75) is 32.7 Å². The first-order valence-corrected chi connectivity index (χ1v) is 5.72. The minimum absolute atomic E-state index is 0.156. The average Bonchev–Trinajstić information content (AvgIpc) is 2.20. The Labute approximate surface area is 98.1 Å². The van der Waals surface area contributed by atoms with Gasteiger partial charge in [-0.15, -0.1) is 6.58 Å². The van der Waals surface area contributed by atoms with Crippen molar-refractivity contribution in [1.82, 2.24) is 0 Å². The van der Waals surface area contributed by atoms with Gasteiger partial charge in [-0.2, -0.15) is 0 Å². The Bertz CT molecular complexity index is 345. The summed E-state index contributed by atoms with van der Waals surface area (Å²) < 4.78 is 5.71. The molecule has 2 heteroatoms. The lowest BCUT2D eigenvalue weighted by molar-refractivity contribution is 0.321.